The number of nitrogens with one attached hydrogen (secondary N) is 1. The van der Waals surface area contributed by atoms with Crippen LogP contribution in [0, 0.1) is 0 Å². The van der Waals surface area contributed by atoms with Gasteiger partial charge in [-0.2, -0.15) is 0 Å². The molecule has 0 aliphatic carbocycles. The third-order valence-electron chi connectivity index (χ3n) is 2.62. The normalized spacial score (nSPS) is 11.0. The standard InChI is InChI=1S/C14H18N4O4/c1-2-21-13(19)8-12(9-16-18-15)17-14(20)22-10-11-6-4-3-5-7-11/h3-7,12H,2,8-10H2,1H3,(H,17,20)/t12-/m0/s1. The number of nitrogens with zero attached hydrogens (tertiary/aromatic N) is 3. The van der Waals surface area contributed by atoms with E-state index in [9.17, 15) is 9.59 Å². The van der Waals surface area contributed by atoms with Crippen LogP contribution in [0.2, 0.25) is 0 Å². The number of hydrogen-bond donors (Lipinski definition) is 1. The van der Waals surface area contributed by atoms with E-state index in [2.05, 4.69) is 15.3 Å². The van der Waals surface area contributed by atoms with Gasteiger partial charge in [0.2, 0.25) is 0 Å². The van der Waals surface area contributed by atoms with Gasteiger partial charge in [0.25, 0.3) is 0 Å². The molecule has 0 saturated carbocycles. The third-order valence-corrected chi connectivity index (χ3v) is 2.62. The minimum Gasteiger partial charge on any atom is -0.466 e. The first-order valence-electron chi connectivity index (χ1n) is 6.79. The molecule has 22 heavy (non-hydrogen) atoms. The average molecular weight is 306 g/mol. The molecular formula is C14H18N4O4. The lowest BCUT2D eigenvalue weighted by Gasteiger charge is -2.15. The van der Waals surface area contributed by atoms with Crippen LogP contribution in [0.1, 0.15) is 18.9 Å². The van der Waals surface area contributed by atoms with Crippen molar-refractivity contribution < 1.29 is 19.1 Å². The Kier molecular flexibility index (Phi) is 7.92. The van der Waals surface area contributed by atoms with Gasteiger partial charge in [-0.05, 0) is 18.0 Å². The van der Waals surface area contributed by atoms with Gasteiger partial charge in [-0.3, -0.25) is 4.79 Å². The number of ether oxygens (including phenoxy) is 2. The van der Waals surface area contributed by atoms with Crippen molar-refractivity contribution >= 4 is 12.1 Å². The molecule has 8 nitrogen and oxygen atoms in total. The van der Waals surface area contributed by atoms with Crippen LogP contribution < -0.4 is 5.32 Å². The largest absolute Gasteiger partial charge is 0.466 e. The summed E-state index contributed by atoms with van der Waals surface area (Å²) in [5.41, 5.74) is 9.18. The lowest BCUT2D eigenvalue weighted by molar-refractivity contribution is -0.143. The topological polar surface area (TPSA) is 113 Å². The molecule has 8 heteroatoms. The Bertz CT molecular complexity index is 529. The first kappa shape index (κ1) is 17.3. The fourth-order valence-electron chi connectivity index (χ4n) is 1.65. The fourth-order valence-corrected chi connectivity index (χ4v) is 1.65. The molecule has 1 N–H and O–H groups in total. The van der Waals surface area contributed by atoms with Gasteiger partial charge >= 0.3 is 12.1 Å². The molecule has 1 atom stereocenters. The number of esters is 1. The van der Waals surface area contributed by atoms with Crippen molar-refractivity contribution in [2.75, 3.05) is 13.2 Å². The molecule has 0 spiro atoms. The zero-order valence-electron chi connectivity index (χ0n) is 12.3. The van der Waals surface area contributed by atoms with Gasteiger partial charge < -0.3 is 14.8 Å². The summed E-state index contributed by atoms with van der Waals surface area (Å²) in [4.78, 5) is 25.7. The molecule has 1 amide bonds. The molecular weight excluding hydrogens is 288 g/mol. The first-order valence-corrected chi connectivity index (χ1v) is 6.79. The lowest BCUT2D eigenvalue weighted by atomic mass is 10.2. The quantitative estimate of drug-likeness (QED) is 0.344. The smallest absolute Gasteiger partial charge is 0.407 e. The van der Waals surface area contributed by atoms with Crippen LogP contribution in [0.4, 0.5) is 4.79 Å². The Morgan fingerprint density at radius 2 is 2.05 bits per heavy atom. The lowest BCUT2D eigenvalue weighted by Crippen LogP contribution is -2.39. The number of azide groups is 1. The van der Waals surface area contributed by atoms with Gasteiger partial charge in [0.1, 0.15) is 6.61 Å². The number of hydrogen-bond acceptors (Lipinski definition) is 5. The highest BCUT2D eigenvalue weighted by Gasteiger charge is 2.17. The fraction of sp³-hybridized carbons (Fsp3) is 0.429. The Balaban J connectivity index is 2.47. The molecule has 0 radical (unpaired) electrons. The number of carbonyl (C=O) groups is 2. The average Bonchev–Trinajstić information content (AvgIpc) is 2.52. The molecule has 1 aromatic carbocycles. The number of benzene rings is 1. The zero-order chi connectivity index (χ0) is 16.2. The van der Waals surface area contributed by atoms with Gasteiger partial charge in [-0.25, -0.2) is 4.79 Å². The number of carbonyl (C=O) groups excluding carboxylic acids is 2. The van der Waals surface area contributed by atoms with Crippen LogP contribution in [0.15, 0.2) is 35.4 Å². The van der Waals surface area contributed by atoms with Crippen molar-refractivity contribution in [1.82, 2.24) is 5.32 Å². The highest BCUT2D eigenvalue weighted by molar-refractivity contribution is 5.72. The van der Waals surface area contributed by atoms with E-state index in [-0.39, 0.29) is 26.2 Å². The van der Waals surface area contributed by atoms with E-state index < -0.39 is 18.1 Å². The van der Waals surface area contributed by atoms with E-state index in [1.165, 1.54) is 0 Å². The van der Waals surface area contributed by atoms with Gasteiger partial charge in [0.15, 0.2) is 0 Å². The van der Waals surface area contributed by atoms with Crippen LogP contribution in [0.5, 0.6) is 0 Å². The minimum absolute atomic E-state index is 0.0598. The monoisotopic (exact) mass is 306 g/mol. The summed E-state index contributed by atoms with van der Waals surface area (Å²) in [6.07, 6.45) is -0.779. The molecule has 0 bridgehead atoms. The predicted molar refractivity (Wildman–Crippen MR) is 78.8 cm³/mol. The van der Waals surface area contributed by atoms with E-state index in [0.717, 1.165) is 5.56 Å². The summed E-state index contributed by atoms with van der Waals surface area (Å²) >= 11 is 0. The second-order valence-electron chi connectivity index (χ2n) is 4.33. The number of rotatable bonds is 8. The van der Waals surface area contributed by atoms with Crippen LogP contribution in [-0.4, -0.2) is 31.3 Å². The van der Waals surface area contributed by atoms with E-state index in [4.69, 9.17) is 15.0 Å². The van der Waals surface area contributed by atoms with E-state index in [1.807, 2.05) is 30.3 Å². The maximum atomic E-state index is 11.7. The Labute approximate surface area is 128 Å². The predicted octanol–water partition coefficient (Wildman–Crippen LogP) is 2.54. The second kappa shape index (κ2) is 10.1. The number of alkyl carbamates (subject to hydrolysis) is 1. The van der Waals surface area contributed by atoms with Gasteiger partial charge in [-0.1, -0.05) is 35.4 Å². The molecule has 0 fully saturated rings. The summed E-state index contributed by atoms with van der Waals surface area (Å²) < 4.78 is 9.84. The van der Waals surface area contributed by atoms with Gasteiger partial charge in [0.05, 0.1) is 13.0 Å². The summed E-state index contributed by atoms with van der Waals surface area (Å²) in [5, 5.41) is 5.84. The van der Waals surface area contributed by atoms with Gasteiger partial charge in [-0.15, -0.1) is 0 Å². The van der Waals surface area contributed by atoms with Crippen molar-refractivity contribution in [3.05, 3.63) is 46.3 Å². The number of amides is 1. The van der Waals surface area contributed by atoms with E-state index >= 15 is 0 Å². The summed E-state index contributed by atoms with van der Waals surface area (Å²) in [5.74, 6) is -0.482. The van der Waals surface area contributed by atoms with Crippen molar-refractivity contribution in [2.45, 2.75) is 26.0 Å². The Morgan fingerprint density at radius 1 is 1.32 bits per heavy atom. The van der Waals surface area contributed by atoms with Crippen molar-refractivity contribution in [2.24, 2.45) is 5.11 Å². The second-order valence-corrected chi connectivity index (χ2v) is 4.33. The molecule has 118 valence electrons. The SMILES string of the molecule is CCOC(=O)C[C@@H](CN=[N+]=[N-])NC(=O)OCc1ccccc1. The molecule has 0 saturated heterocycles. The van der Waals surface area contributed by atoms with Crippen LogP contribution in [-0.2, 0) is 20.9 Å². The summed E-state index contributed by atoms with van der Waals surface area (Å²) in [7, 11) is 0. The van der Waals surface area contributed by atoms with Crippen molar-refractivity contribution in [3.63, 3.8) is 0 Å². The molecule has 1 aromatic rings. The summed E-state index contributed by atoms with van der Waals surface area (Å²) in [6.45, 7) is 1.98. The first-order chi connectivity index (χ1) is 10.7. The minimum atomic E-state index is -0.689. The summed E-state index contributed by atoms with van der Waals surface area (Å²) in [6, 6.07) is 8.51. The zero-order valence-corrected chi connectivity index (χ0v) is 12.3. The maximum absolute atomic E-state index is 11.7. The van der Waals surface area contributed by atoms with Crippen LogP contribution in [0.3, 0.4) is 0 Å². The van der Waals surface area contributed by atoms with Crippen LogP contribution >= 0.6 is 0 Å². The molecule has 1 rings (SSSR count). The third kappa shape index (κ3) is 7.16. The van der Waals surface area contributed by atoms with Crippen LogP contribution in [0.25, 0.3) is 10.4 Å². The molecule has 0 unspecified atom stereocenters. The van der Waals surface area contributed by atoms with Crippen molar-refractivity contribution in [3.8, 4) is 0 Å². The van der Waals surface area contributed by atoms with E-state index in [1.54, 1.807) is 6.92 Å². The van der Waals surface area contributed by atoms with E-state index in [0.29, 0.717) is 0 Å². The Hall–Kier alpha value is -2.73. The molecule has 0 aliphatic heterocycles. The maximum Gasteiger partial charge on any atom is 0.407 e. The van der Waals surface area contributed by atoms with Crippen molar-refractivity contribution in [1.29, 1.82) is 0 Å². The Morgan fingerprint density at radius 3 is 2.68 bits per heavy atom. The molecule has 0 heterocycles. The van der Waals surface area contributed by atoms with Gasteiger partial charge in [0, 0.05) is 17.5 Å². The highest BCUT2D eigenvalue weighted by Crippen LogP contribution is 2.02. The molecule has 0 aromatic heterocycles. The highest BCUT2D eigenvalue weighted by atomic mass is 16.5. The molecule has 0 aliphatic rings.